The van der Waals surface area contributed by atoms with Gasteiger partial charge >= 0.3 is 0 Å². The van der Waals surface area contributed by atoms with Gasteiger partial charge in [0.15, 0.2) is 0 Å². The number of carbonyl (C=O) groups is 1. The van der Waals surface area contributed by atoms with E-state index in [1.807, 2.05) is 32.0 Å². The standard InChI is InChI=1S/C14H17N3O2S.ClH/c1-9(2)19-12-6-4-3-5-10(12)17-14(18)11-8-20-13(7-15)16-11;/h3-6,8-9H,7,15H2,1-2H3,(H,17,18);1H. The number of carbonyl (C=O) groups excluding carboxylic acids is 1. The lowest BCUT2D eigenvalue weighted by Gasteiger charge is -2.14. The highest BCUT2D eigenvalue weighted by Crippen LogP contribution is 2.25. The maximum absolute atomic E-state index is 12.1. The number of halogens is 1. The molecule has 2 rings (SSSR count). The zero-order valence-electron chi connectivity index (χ0n) is 11.8. The molecule has 0 aliphatic heterocycles. The van der Waals surface area contributed by atoms with Crippen LogP contribution in [0.5, 0.6) is 5.75 Å². The van der Waals surface area contributed by atoms with Crippen LogP contribution in [0.4, 0.5) is 5.69 Å². The first kappa shape index (κ1) is 17.4. The third-order valence-electron chi connectivity index (χ3n) is 2.46. The molecule has 0 bridgehead atoms. The van der Waals surface area contributed by atoms with Crippen molar-refractivity contribution in [3.8, 4) is 5.75 Å². The number of para-hydroxylation sites is 2. The van der Waals surface area contributed by atoms with Gasteiger partial charge in [-0.15, -0.1) is 23.7 Å². The Labute approximate surface area is 133 Å². The summed E-state index contributed by atoms with van der Waals surface area (Å²) in [6, 6.07) is 7.33. The minimum absolute atomic E-state index is 0. The van der Waals surface area contributed by atoms with Gasteiger partial charge in [0.05, 0.1) is 11.8 Å². The molecular weight excluding hydrogens is 310 g/mol. The first-order valence-electron chi connectivity index (χ1n) is 6.31. The van der Waals surface area contributed by atoms with Crippen molar-refractivity contribution in [2.45, 2.75) is 26.5 Å². The van der Waals surface area contributed by atoms with Gasteiger partial charge in [-0.2, -0.15) is 0 Å². The third-order valence-corrected chi connectivity index (χ3v) is 3.33. The second kappa shape index (κ2) is 7.97. The van der Waals surface area contributed by atoms with Crippen molar-refractivity contribution < 1.29 is 9.53 Å². The van der Waals surface area contributed by atoms with Gasteiger partial charge in [-0.1, -0.05) is 12.1 Å². The molecule has 7 heteroatoms. The molecule has 0 fully saturated rings. The molecule has 0 unspecified atom stereocenters. The van der Waals surface area contributed by atoms with Crippen molar-refractivity contribution in [1.82, 2.24) is 4.98 Å². The highest BCUT2D eigenvalue weighted by molar-refractivity contribution is 7.09. The molecule has 5 nitrogen and oxygen atoms in total. The summed E-state index contributed by atoms with van der Waals surface area (Å²) in [6.45, 7) is 4.21. The van der Waals surface area contributed by atoms with Crippen LogP contribution < -0.4 is 15.8 Å². The smallest absolute Gasteiger partial charge is 0.275 e. The molecule has 0 spiro atoms. The minimum atomic E-state index is -0.263. The summed E-state index contributed by atoms with van der Waals surface area (Å²) >= 11 is 1.38. The fourth-order valence-electron chi connectivity index (χ4n) is 1.62. The monoisotopic (exact) mass is 327 g/mol. The number of nitrogens with zero attached hydrogens (tertiary/aromatic N) is 1. The summed E-state index contributed by atoms with van der Waals surface area (Å²) in [4.78, 5) is 16.3. The maximum Gasteiger partial charge on any atom is 0.275 e. The fourth-order valence-corrected chi connectivity index (χ4v) is 2.28. The largest absolute Gasteiger partial charge is 0.489 e. The van der Waals surface area contributed by atoms with Gasteiger partial charge in [0.25, 0.3) is 5.91 Å². The van der Waals surface area contributed by atoms with E-state index in [1.165, 1.54) is 11.3 Å². The van der Waals surface area contributed by atoms with Crippen LogP contribution in [-0.4, -0.2) is 17.0 Å². The van der Waals surface area contributed by atoms with Crippen molar-refractivity contribution in [3.05, 3.63) is 40.3 Å². The fraction of sp³-hybridized carbons (Fsp3) is 0.286. The summed E-state index contributed by atoms with van der Waals surface area (Å²) in [5.41, 5.74) is 6.49. The van der Waals surface area contributed by atoms with Gasteiger partial charge in [-0.25, -0.2) is 4.98 Å². The molecule has 1 amide bonds. The predicted octanol–water partition coefficient (Wildman–Crippen LogP) is 3.06. The van der Waals surface area contributed by atoms with Gasteiger partial charge in [0, 0.05) is 11.9 Å². The second-order valence-corrected chi connectivity index (χ2v) is 5.39. The van der Waals surface area contributed by atoms with E-state index >= 15 is 0 Å². The number of benzene rings is 1. The van der Waals surface area contributed by atoms with Crippen molar-refractivity contribution >= 4 is 35.3 Å². The van der Waals surface area contributed by atoms with Crippen LogP contribution in [0.3, 0.4) is 0 Å². The lowest BCUT2D eigenvalue weighted by molar-refractivity contribution is 0.102. The van der Waals surface area contributed by atoms with E-state index in [0.717, 1.165) is 5.01 Å². The van der Waals surface area contributed by atoms with E-state index in [0.29, 0.717) is 23.7 Å². The van der Waals surface area contributed by atoms with Gasteiger partial charge < -0.3 is 15.8 Å². The van der Waals surface area contributed by atoms with Crippen LogP contribution >= 0.6 is 23.7 Å². The van der Waals surface area contributed by atoms with Crippen molar-refractivity contribution in [3.63, 3.8) is 0 Å². The maximum atomic E-state index is 12.1. The molecule has 114 valence electrons. The lowest BCUT2D eigenvalue weighted by atomic mass is 10.2. The number of hydrogen-bond donors (Lipinski definition) is 2. The average molecular weight is 328 g/mol. The van der Waals surface area contributed by atoms with Crippen LogP contribution in [0.2, 0.25) is 0 Å². The second-order valence-electron chi connectivity index (χ2n) is 4.45. The predicted molar refractivity (Wildman–Crippen MR) is 87.4 cm³/mol. The van der Waals surface area contributed by atoms with E-state index in [1.54, 1.807) is 11.4 Å². The first-order valence-corrected chi connectivity index (χ1v) is 7.19. The Kier molecular flexibility index (Phi) is 6.61. The number of amides is 1. The Morgan fingerprint density at radius 2 is 2.14 bits per heavy atom. The highest BCUT2D eigenvalue weighted by atomic mass is 35.5. The highest BCUT2D eigenvalue weighted by Gasteiger charge is 2.13. The summed E-state index contributed by atoms with van der Waals surface area (Å²) in [5.74, 6) is 0.380. The molecule has 0 aliphatic carbocycles. The molecule has 1 heterocycles. The average Bonchev–Trinajstić information content (AvgIpc) is 2.89. The quantitative estimate of drug-likeness (QED) is 0.884. The van der Waals surface area contributed by atoms with Crippen molar-refractivity contribution in [2.75, 3.05) is 5.32 Å². The molecule has 21 heavy (non-hydrogen) atoms. The molecule has 0 saturated carbocycles. The van der Waals surface area contributed by atoms with E-state index < -0.39 is 0 Å². The third kappa shape index (κ3) is 4.70. The Balaban J connectivity index is 0.00000220. The van der Waals surface area contributed by atoms with Crippen molar-refractivity contribution in [2.24, 2.45) is 5.73 Å². The minimum Gasteiger partial charge on any atom is -0.489 e. The zero-order chi connectivity index (χ0) is 14.5. The normalized spacial score (nSPS) is 10.1. The molecule has 1 aromatic carbocycles. The molecule has 0 radical (unpaired) electrons. The van der Waals surface area contributed by atoms with Gasteiger partial charge in [-0.05, 0) is 26.0 Å². The molecule has 0 saturated heterocycles. The molecule has 2 aromatic rings. The Hall–Kier alpha value is -1.63. The van der Waals surface area contributed by atoms with E-state index in [2.05, 4.69) is 10.3 Å². The summed E-state index contributed by atoms with van der Waals surface area (Å²) in [6.07, 6.45) is 0.0381. The van der Waals surface area contributed by atoms with E-state index in [-0.39, 0.29) is 24.4 Å². The van der Waals surface area contributed by atoms with Crippen LogP contribution in [0.15, 0.2) is 29.6 Å². The Bertz CT molecular complexity index is 601. The van der Waals surface area contributed by atoms with Crippen LogP contribution in [0.1, 0.15) is 29.3 Å². The van der Waals surface area contributed by atoms with Crippen LogP contribution in [-0.2, 0) is 6.54 Å². The molecule has 3 N–H and O–H groups in total. The number of thiazole rings is 1. The first-order chi connectivity index (χ1) is 9.60. The molecule has 1 aromatic heterocycles. The SMILES string of the molecule is CC(C)Oc1ccccc1NC(=O)c1csc(CN)n1.Cl. The zero-order valence-corrected chi connectivity index (χ0v) is 13.5. The number of anilines is 1. The number of nitrogens with one attached hydrogen (secondary N) is 1. The van der Waals surface area contributed by atoms with Gasteiger partial charge in [-0.3, -0.25) is 4.79 Å². The Morgan fingerprint density at radius 3 is 2.76 bits per heavy atom. The number of aromatic nitrogens is 1. The Morgan fingerprint density at radius 1 is 1.43 bits per heavy atom. The van der Waals surface area contributed by atoms with E-state index in [9.17, 15) is 4.79 Å². The number of hydrogen-bond acceptors (Lipinski definition) is 5. The number of nitrogens with two attached hydrogens (primary N) is 1. The van der Waals surface area contributed by atoms with Crippen molar-refractivity contribution in [1.29, 1.82) is 0 Å². The van der Waals surface area contributed by atoms with Gasteiger partial charge in [0.2, 0.25) is 0 Å². The molecular formula is C14H18ClN3O2S. The van der Waals surface area contributed by atoms with Crippen LogP contribution in [0, 0.1) is 0 Å². The number of rotatable bonds is 5. The van der Waals surface area contributed by atoms with Gasteiger partial charge in [0.1, 0.15) is 16.5 Å². The summed E-state index contributed by atoms with van der Waals surface area (Å²) in [5, 5.41) is 5.24. The summed E-state index contributed by atoms with van der Waals surface area (Å²) in [7, 11) is 0. The number of ether oxygens (including phenoxy) is 1. The van der Waals surface area contributed by atoms with Crippen LogP contribution in [0.25, 0.3) is 0 Å². The lowest BCUT2D eigenvalue weighted by Crippen LogP contribution is -2.15. The van der Waals surface area contributed by atoms with E-state index in [4.69, 9.17) is 10.5 Å². The summed E-state index contributed by atoms with van der Waals surface area (Å²) < 4.78 is 5.66. The molecule has 0 atom stereocenters. The topological polar surface area (TPSA) is 77.2 Å². The molecule has 0 aliphatic rings.